The van der Waals surface area contributed by atoms with Crippen LogP contribution < -0.4 is 5.32 Å². The van der Waals surface area contributed by atoms with Crippen molar-refractivity contribution in [3.63, 3.8) is 0 Å². The number of carboxylic acid groups (broad SMARTS) is 1. The van der Waals surface area contributed by atoms with Gasteiger partial charge in [0.15, 0.2) is 0 Å². The zero-order chi connectivity index (χ0) is 17.9. The molecule has 2 N–H and O–H groups in total. The summed E-state index contributed by atoms with van der Waals surface area (Å²) in [6, 6.07) is 2.75. The standard InChI is InChI=1S/C15H21N3O5S/c1-10-12(15(20)21)3-4-13(17-10)14(19)16-9-11-5-7-18(8-6-11)24(2,22)23/h3-4,11H,5-9H2,1-2H3,(H,16,19)(H,20,21). The first-order chi connectivity index (χ1) is 11.2. The Kier molecular flexibility index (Phi) is 5.55. The van der Waals surface area contributed by atoms with Crippen LogP contribution in [0.3, 0.4) is 0 Å². The fraction of sp³-hybridized carbons (Fsp3) is 0.533. The molecule has 2 rings (SSSR count). The van der Waals surface area contributed by atoms with Gasteiger partial charge < -0.3 is 10.4 Å². The summed E-state index contributed by atoms with van der Waals surface area (Å²) in [6.07, 6.45) is 2.58. The number of pyridine rings is 1. The molecule has 0 radical (unpaired) electrons. The first-order valence-electron chi connectivity index (χ1n) is 7.62. The zero-order valence-electron chi connectivity index (χ0n) is 13.7. The minimum absolute atomic E-state index is 0.0692. The molecule has 1 saturated heterocycles. The molecule has 0 aliphatic carbocycles. The van der Waals surface area contributed by atoms with E-state index in [2.05, 4.69) is 10.3 Å². The maximum atomic E-state index is 12.1. The van der Waals surface area contributed by atoms with Crippen molar-refractivity contribution in [3.05, 3.63) is 29.1 Å². The molecule has 1 aromatic rings. The molecule has 0 atom stereocenters. The van der Waals surface area contributed by atoms with Crippen LogP contribution in [-0.4, -0.2) is 60.6 Å². The van der Waals surface area contributed by atoms with E-state index >= 15 is 0 Å². The van der Waals surface area contributed by atoms with Gasteiger partial charge in [-0.15, -0.1) is 0 Å². The van der Waals surface area contributed by atoms with Gasteiger partial charge in [-0.25, -0.2) is 22.5 Å². The van der Waals surface area contributed by atoms with Gasteiger partial charge in [-0.1, -0.05) is 0 Å². The van der Waals surface area contributed by atoms with Crippen LogP contribution in [0.1, 0.15) is 39.4 Å². The number of carboxylic acids is 1. The summed E-state index contributed by atoms with van der Waals surface area (Å²) in [5.41, 5.74) is 0.530. The monoisotopic (exact) mass is 355 g/mol. The van der Waals surface area contributed by atoms with Crippen molar-refractivity contribution in [3.8, 4) is 0 Å². The van der Waals surface area contributed by atoms with E-state index < -0.39 is 16.0 Å². The predicted molar refractivity (Wildman–Crippen MR) is 87.4 cm³/mol. The number of nitrogens with zero attached hydrogens (tertiary/aromatic N) is 2. The molecule has 1 aliphatic heterocycles. The number of nitrogens with one attached hydrogen (secondary N) is 1. The Hall–Kier alpha value is -2.00. The van der Waals surface area contributed by atoms with Crippen molar-refractivity contribution in [2.24, 2.45) is 5.92 Å². The van der Waals surface area contributed by atoms with Gasteiger partial charge in [0.1, 0.15) is 5.69 Å². The molecular weight excluding hydrogens is 334 g/mol. The summed E-state index contributed by atoms with van der Waals surface area (Å²) in [5.74, 6) is -1.23. The first-order valence-corrected chi connectivity index (χ1v) is 9.47. The van der Waals surface area contributed by atoms with Gasteiger partial charge >= 0.3 is 5.97 Å². The van der Waals surface area contributed by atoms with E-state index in [9.17, 15) is 18.0 Å². The van der Waals surface area contributed by atoms with Crippen LogP contribution in [0.15, 0.2) is 12.1 Å². The average molecular weight is 355 g/mol. The molecule has 0 bridgehead atoms. The van der Waals surface area contributed by atoms with E-state index in [1.54, 1.807) is 6.92 Å². The number of hydrogen-bond donors (Lipinski definition) is 2. The highest BCUT2D eigenvalue weighted by molar-refractivity contribution is 7.88. The summed E-state index contributed by atoms with van der Waals surface area (Å²) >= 11 is 0. The van der Waals surface area contributed by atoms with E-state index in [0.29, 0.717) is 32.5 Å². The van der Waals surface area contributed by atoms with Crippen molar-refractivity contribution in [2.75, 3.05) is 25.9 Å². The van der Waals surface area contributed by atoms with Gasteiger partial charge in [-0.05, 0) is 37.8 Å². The number of piperidine rings is 1. The Morgan fingerprint density at radius 3 is 2.46 bits per heavy atom. The van der Waals surface area contributed by atoms with Crippen molar-refractivity contribution in [2.45, 2.75) is 19.8 Å². The van der Waals surface area contributed by atoms with E-state index in [0.717, 1.165) is 0 Å². The van der Waals surface area contributed by atoms with E-state index in [4.69, 9.17) is 5.11 Å². The zero-order valence-corrected chi connectivity index (χ0v) is 14.5. The molecule has 132 valence electrons. The number of rotatable bonds is 5. The highest BCUT2D eigenvalue weighted by Gasteiger charge is 2.25. The summed E-state index contributed by atoms with van der Waals surface area (Å²) in [6.45, 7) is 2.91. The van der Waals surface area contributed by atoms with Crippen LogP contribution in [-0.2, 0) is 10.0 Å². The molecule has 9 heteroatoms. The van der Waals surface area contributed by atoms with E-state index in [-0.39, 0.29) is 28.8 Å². The smallest absolute Gasteiger partial charge is 0.337 e. The van der Waals surface area contributed by atoms with Crippen LogP contribution in [0, 0.1) is 12.8 Å². The quantitative estimate of drug-likeness (QED) is 0.794. The number of aromatic nitrogens is 1. The Morgan fingerprint density at radius 1 is 1.33 bits per heavy atom. The summed E-state index contributed by atoms with van der Waals surface area (Å²) in [7, 11) is -3.15. The molecule has 1 aliphatic rings. The van der Waals surface area contributed by atoms with Crippen molar-refractivity contribution < 1.29 is 23.1 Å². The lowest BCUT2D eigenvalue weighted by Crippen LogP contribution is -2.41. The van der Waals surface area contributed by atoms with Crippen molar-refractivity contribution >= 4 is 21.9 Å². The van der Waals surface area contributed by atoms with Gasteiger partial charge in [0.05, 0.1) is 17.5 Å². The van der Waals surface area contributed by atoms with Crippen molar-refractivity contribution in [1.29, 1.82) is 0 Å². The van der Waals surface area contributed by atoms with E-state index in [1.807, 2.05) is 0 Å². The maximum Gasteiger partial charge on any atom is 0.337 e. The third kappa shape index (κ3) is 4.51. The summed E-state index contributed by atoms with van der Waals surface area (Å²) in [5, 5.41) is 11.7. The Labute approximate surface area is 140 Å². The molecule has 8 nitrogen and oxygen atoms in total. The van der Waals surface area contributed by atoms with Crippen LogP contribution in [0.4, 0.5) is 0 Å². The minimum Gasteiger partial charge on any atom is -0.478 e. The van der Waals surface area contributed by atoms with E-state index in [1.165, 1.54) is 22.7 Å². The number of amides is 1. The van der Waals surface area contributed by atoms with Gasteiger partial charge in [-0.2, -0.15) is 0 Å². The van der Waals surface area contributed by atoms with Crippen LogP contribution >= 0.6 is 0 Å². The average Bonchev–Trinajstić information content (AvgIpc) is 2.51. The largest absolute Gasteiger partial charge is 0.478 e. The fourth-order valence-electron chi connectivity index (χ4n) is 2.69. The number of aryl methyl sites for hydroxylation is 1. The Morgan fingerprint density at radius 2 is 1.96 bits per heavy atom. The number of carbonyl (C=O) groups is 2. The lowest BCUT2D eigenvalue weighted by atomic mass is 9.98. The fourth-order valence-corrected chi connectivity index (χ4v) is 3.56. The molecule has 0 unspecified atom stereocenters. The highest BCUT2D eigenvalue weighted by atomic mass is 32.2. The minimum atomic E-state index is -3.15. The third-order valence-electron chi connectivity index (χ3n) is 4.14. The third-order valence-corrected chi connectivity index (χ3v) is 5.45. The van der Waals surface area contributed by atoms with Crippen LogP contribution in [0.2, 0.25) is 0 Å². The Balaban J connectivity index is 1.88. The second-order valence-corrected chi connectivity index (χ2v) is 7.93. The topological polar surface area (TPSA) is 117 Å². The van der Waals surface area contributed by atoms with Gasteiger partial charge in [0.2, 0.25) is 10.0 Å². The maximum absolute atomic E-state index is 12.1. The summed E-state index contributed by atoms with van der Waals surface area (Å²) < 4.78 is 24.4. The number of hydrogen-bond acceptors (Lipinski definition) is 5. The van der Waals surface area contributed by atoms with Gasteiger partial charge in [-0.3, -0.25) is 4.79 Å². The normalized spacial score (nSPS) is 16.8. The molecule has 1 fully saturated rings. The molecule has 1 aromatic heterocycles. The summed E-state index contributed by atoms with van der Waals surface area (Å²) in [4.78, 5) is 27.1. The SMILES string of the molecule is Cc1nc(C(=O)NCC2CCN(S(C)(=O)=O)CC2)ccc1C(=O)O. The second-order valence-electron chi connectivity index (χ2n) is 5.95. The molecular formula is C15H21N3O5S. The predicted octanol–water partition coefficient (Wildman–Crippen LogP) is 0.490. The molecule has 1 amide bonds. The highest BCUT2D eigenvalue weighted by Crippen LogP contribution is 2.18. The number of carbonyl (C=O) groups excluding carboxylic acids is 1. The molecule has 2 heterocycles. The lowest BCUT2D eigenvalue weighted by molar-refractivity contribution is 0.0694. The number of aromatic carboxylic acids is 1. The van der Waals surface area contributed by atoms with Crippen LogP contribution in [0.5, 0.6) is 0 Å². The molecule has 24 heavy (non-hydrogen) atoms. The van der Waals surface area contributed by atoms with Gasteiger partial charge in [0.25, 0.3) is 5.91 Å². The lowest BCUT2D eigenvalue weighted by Gasteiger charge is -2.30. The molecule has 0 spiro atoms. The van der Waals surface area contributed by atoms with Gasteiger partial charge in [0, 0.05) is 19.6 Å². The van der Waals surface area contributed by atoms with Crippen LogP contribution in [0.25, 0.3) is 0 Å². The molecule has 0 aromatic carbocycles. The Bertz CT molecular complexity index is 739. The molecule has 0 saturated carbocycles. The number of sulfonamides is 1. The second kappa shape index (κ2) is 7.27. The first kappa shape index (κ1) is 18.3. The van der Waals surface area contributed by atoms with Crippen molar-refractivity contribution in [1.82, 2.24) is 14.6 Å².